The average molecular weight is 405 g/mol. The third-order valence-corrected chi connectivity index (χ3v) is 5.13. The van der Waals surface area contributed by atoms with Gasteiger partial charge in [0.25, 0.3) is 0 Å². The summed E-state index contributed by atoms with van der Waals surface area (Å²) in [7, 11) is 1.35. The van der Waals surface area contributed by atoms with Gasteiger partial charge in [-0.3, -0.25) is 0 Å². The van der Waals surface area contributed by atoms with Crippen LogP contribution in [0.15, 0.2) is 54.5 Å². The number of hydrogen-bond donors (Lipinski definition) is 2. The molecule has 29 heavy (non-hydrogen) atoms. The Balaban J connectivity index is 1.51. The van der Waals surface area contributed by atoms with Crippen LogP contribution in [0, 0.1) is 11.3 Å². The second-order valence-electron chi connectivity index (χ2n) is 5.92. The van der Waals surface area contributed by atoms with E-state index in [1.807, 2.05) is 30.3 Å². The predicted molar refractivity (Wildman–Crippen MR) is 108 cm³/mol. The van der Waals surface area contributed by atoms with Gasteiger partial charge in [-0.05, 0) is 30.3 Å². The fourth-order valence-electron chi connectivity index (χ4n) is 2.69. The Hall–Kier alpha value is -3.90. The number of allylic oxidation sites excluding steroid dienone is 1. The van der Waals surface area contributed by atoms with E-state index in [0.717, 1.165) is 10.6 Å². The number of esters is 1. The summed E-state index contributed by atoms with van der Waals surface area (Å²) in [5, 5.41) is 15.8. The van der Waals surface area contributed by atoms with E-state index in [2.05, 4.69) is 26.7 Å². The molecule has 0 bridgehead atoms. The van der Waals surface area contributed by atoms with Crippen LogP contribution in [0.4, 0.5) is 11.6 Å². The Labute approximate surface area is 170 Å². The van der Waals surface area contributed by atoms with Gasteiger partial charge in [0.05, 0.1) is 25.0 Å². The lowest BCUT2D eigenvalue weighted by atomic mass is 10.2. The largest absolute Gasteiger partial charge is 0.465 e. The first-order chi connectivity index (χ1) is 14.2. The van der Waals surface area contributed by atoms with Crippen LogP contribution in [-0.2, 0) is 11.3 Å². The number of ether oxygens (including phenoxy) is 2. The molecule has 3 heterocycles. The molecule has 2 N–H and O–H groups in total. The zero-order valence-electron chi connectivity index (χ0n) is 15.3. The van der Waals surface area contributed by atoms with Gasteiger partial charge in [-0.2, -0.15) is 5.26 Å². The molecule has 4 rings (SSSR count). The Kier molecular flexibility index (Phi) is 5.09. The number of rotatable bonds is 5. The molecule has 1 aromatic carbocycles. The fourth-order valence-corrected chi connectivity index (χ4v) is 3.55. The third-order valence-electron chi connectivity index (χ3n) is 4.07. The maximum atomic E-state index is 11.6. The highest BCUT2D eigenvalue weighted by atomic mass is 32.1. The van der Waals surface area contributed by atoms with Gasteiger partial charge in [0.15, 0.2) is 5.75 Å². The maximum Gasteiger partial charge on any atom is 0.348 e. The van der Waals surface area contributed by atoms with E-state index in [4.69, 9.17) is 9.47 Å². The standard InChI is InChI=1S/C20H15N5O3S/c1-27-19(26)17-7-6-12(29-17)11-23-20-22-9-8-14(25-20)13(10-21)18-24-15-4-2-3-5-16(15)28-18/h2-9,24H,11H2,1H3,(H,22,23,25). The molecule has 3 aromatic rings. The van der Waals surface area contributed by atoms with Crippen molar-refractivity contribution in [1.29, 1.82) is 5.26 Å². The Morgan fingerprint density at radius 1 is 1.31 bits per heavy atom. The minimum atomic E-state index is -0.366. The Morgan fingerprint density at radius 3 is 2.97 bits per heavy atom. The van der Waals surface area contributed by atoms with Gasteiger partial charge < -0.3 is 20.1 Å². The summed E-state index contributed by atoms with van der Waals surface area (Å²) in [6.07, 6.45) is 1.57. The van der Waals surface area contributed by atoms with Crippen LogP contribution in [0.5, 0.6) is 5.75 Å². The molecule has 9 heteroatoms. The molecule has 0 amide bonds. The van der Waals surface area contributed by atoms with Gasteiger partial charge in [0.1, 0.15) is 16.5 Å². The normalized spacial score (nSPS) is 13.5. The molecule has 0 fully saturated rings. The molecule has 1 aliphatic rings. The second-order valence-corrected chi connectivity index (χ2v) is 7.08. The van der Waals surface area contributed by atoms with Gasteiger partial charge in [-0.1, -0.05) is 12.1 Å². The minimum absolute atomic E-state index is 0.274. The molecular weight excluding hydrogens is 390 g/mol. The van der Waals surface area contributed by atoms with E-state index in [1.54, 1.807) is 18.3 Å². The second kappa shape index (κ2) is 8.00. The molecule has 2 aromatic heterocycles. The van der Waals surface area contributed by atoms with Crippen LogP contribution in [0.3, 0.4) is 0 Å². The lowest BCUT2D eigenvalue weighted by molar-refractivity contribution is 0.0606. The molecular formula is C20H15N5O3S. The van der Waals surface area contributed by atoms with Crippen LogP contribution in [-0.4, -0.2) is 23.0 Å². The molecule has 0 radical (unpaired) electrons. The van der Waals surface area contributed by atoms with Crippen molar-refractivity contribution >= 4 is 34.5 Å². The molecule has 0 saturated heterocycles. The van der Waals surface area contributed by atoms with E-state index >= 15 is 0 Å². The summed E-state index contributed by atoms with van der Waals surface area (Å²) < 4.78 is 10.5. The van der Waals surface area contributed by atoms with Crippen molar-refractivity contribution in [2.24, 2.45) is 0 Å². The highest BCUT2D eigenvalue weighted by Crippen LogP contribution is 2.35. The number of anilines is 2. The highest BCUT2D eigenvalue weighted by Gasteiger charge is 2.22. The summed E-state index contributed by atoms with van der Waals surface area (Å²) >= 11 is 1.33. The number of carbonyl (C=O) groups is 1. The molecule has 8 nitrogen and oxygen atoms in total. The van der Waals surface area contributed by atoms with Gasteiger partial charge >= 0.3 is 5.97 Å². The van der Waals surface area contributed by atoms with E-state index in [-0.39, 0.29) is 11.5 Å². The smallest absolute Gasteiger partial charge is 0.348 e. The predicted octanol–water partition coefficient (Wildman–Crippen LogP) is 3.63. The van der Waals surface area contributed by atoms with Crippen LogP contribution in [0.25, 0.3) is 5.57 Å². The minimum Gasteiger partial charge on any atom is -0.465 e. The number of carbonyl (C=O) groups excluding carboxylic acids is 1. The van der Waals surface area contributed by atoms with Crippen molar-refractivity contribution in [3.8, 4) is 11.8 Å². The number of aromatic nitrogens is 2. The number of thiophene rings is 1. The number of hydrogen-bond acceptors (Lipinski definition) is 9. The van der Waals surface area contributed by atoms with Crippen molar-refractivity contribution in [3.05, 3.63) is 70.0 Å². The first-order valence-electron chi connectivity index (χ1n) is 8.60. The Morgan fingerprint density at radius 2 is 2.17 bits per heavy atom. The lowest BCUT2D eigenvalue weighted by Gasteiger charge is -2.07. The quantitative estimate of drug-likeness (QED) is 0.489. The molecule has 0 saturated carbocycles. The van der Waals surface area contributed by atoms with Gasteiger partial charge in [-0.25, -0.2) is 14.8 Å². The van der Waals surface area contributed by atoms with Crippen molar-refractivity contribution < 1.29 is 14.3 Å². The Bertz CT molecular complexity index is 1120. The van der Waals surface area contributed by atoms with E-state index in [0.29, 0.717) is 34.7 Å². The van der Waals surface area contributed by atoms with Gasteiger partial charge in [-0.15, -0.1) is 11.3 Å². The van der Waals surface area contributed by atoms with Crippen LogP contribution >= 0.6 is 11.3 Å². The summed E-state index contributed by atoms with van der Waals surface area (Å²) in [6.45, 7) is 0.434. The number of para-hydroxylation sites is 2. The molecule has 144 valence electrons. The number of fused-ring (bicyclic) bond motifs is 1. The van der Waals surface area contributed by atoms with E-state index in [9.17, 15) is 10.1 Å². The van der Waals surface area contributed by atoms with Crippen LogP contribution in [0.2, 0.25) is 0 Å². The van der Waals surface area contributed by atoms with Crippen molar-refractivity contribution in [3.63, 3.8) is 0 Å². The maximum absolute atomic E-state index is 11.6. The van der Waals surface area contributed by atoms with E-state index in [1.165, 1.54) is 18.4 Å². The van der Waals surface area contributed by atoms with Crippen molar-refractivity contribution in [2.75, 3.05) is 17.7 Å². The summed E-state index contributed by atoms with van der Waals surface area (Å²) in [5.41, 5.74) is 1.50. The summed E-state index contributed by atoms with van der Waals surface area (Å²) in [6, 6.07) is 14.8. The third kappa shape index (κ3) is 3.88. The number of methoxy groups -OCH3 is 1. The molecule has 0 aliphatic carbocycles. The highest BCUT2D eigenvalue weighted by molar-refractivity contribution is 7.13. The first kappa shape index (κ1) is 18.5. The van der Waals surface area contributed by atoms with E-state index < -0.39 is 0 Å². The molecule has 0 spiro atoms. The van der Waals surface area contributed by atoms with Crippen LogP contribution in [0.1, 0.15) is 20.2 Å². The number of nitriles is 1. The number of nitrogens with one attached hydrogen (secondary N) is 2. The van der Waals surface area contributed by atoms with Crippen LogP contribution < -0.4 is 15.4 Å². The van der Waals surface area contributed by atoms with Gasteiger partial charge in [0, 0.05) is 11.1 Å². The monoisotopic (exact) mass is 405 g/mol. The SMILES string of the molecule is COC(=O)c1ccc(CNc2nccc(C(C#N)=C3Nc4ccccc4O3)n2)s1. The molecule has 0 unspecified atom stereocenters. The van der Waals surface area contributed by atoms with Crippen molar-refractivity contribution in [1.82, 2.24) is 9.97 Å². The molecule has 1 aliphatic heterocycles. The molecule has 0 atom stereocenters. The number of benzene rings is 1. The topological polar surface area (TPSA) is 109 Å². The van der Waals surface area contributed by atoms with Crippen molar-refractivity contribution in [2.45, 2.75) is 6.54 Å². The first-order valence-corrected chi connectivity index (χ1v) is 9.42. The fraction of sp³-hybridized carbons (Fsp3) is 0.100. The number of nitrogens with zero attached hydrogens (tertiary/aromatic N) is 3. The lowest BCUT2D eigenvalue weighted by Crippen LogP contribution is -2.06. The average Bonchev–Trinajstić information content (AvgIpc) is 3.39. The van der Waals surface area contributed by atoms with Gasteiger partial charge in [0.2, 0.25) is 11.8 Å². The zero-order valence-corrected chi connectivity index (χ0v) is 16.1. The summed E-state index contributed by atoms with van der Waals surface area (Å²) in [4.78, 5) is 21.6. The zero-order chi connectivity index (χ0) is 20.2. The summed E-state index contributed by atoms with van der Waals surface area (Å²) in [5.74, 6) is 0.982.